The highest BCUT2D eigenvalue weighted by molar-refractivity contribution is 5.99. The van der Waals surface area contributed by atoms with Gasteiger partial charge in [-0.2, -0.15) is 5.26 Å². The molecule has 1 aromatic carbocycles. The van der Waals surface area contributed by atoms with Gasteiger partial charge >= 0.3 is 0 Å². The number of aryl methyl sites for hydroxylation is 1. The smallest absolute Gasteiger partial charge is 0.268 e. The summed E-state index contributed by atoms with van der Waals surface area (Å²) in [5, 5.41) is 14.8. The SMILES string of the molecule is Cn1c(C(=O)NC2CCCCC2C(=O)NCC#N)cc2cc(F)ccc21. The number of nitriles is 1. The van der Waals surface area contributed by atoms with Crippen molar-refractivity contribution in [2.24, 2.45) is 13.0 Å². The van der Waals surface area contributed by atoms with E-state index in [1.165, 1.54) is 12.1 Å². The number of benzene rings is 1. The minimum absolute atomic E-state index is 0.0369. The van der Waals surface area contributed by atoms with Crippen molar-refractivity contribution in [1.82, 2.24) is 15.2 Å². The third-order valence-corrected chi connectivity index (χ3v) is 5.00. The van der Waals surface area contributed by atoms with Crippen LogP contribution < -0.4 is 10.6 Å². The van der Waals surface area contributed by atoms with Gasteiger partial charge in [-0.15, -0.1) is 0 Å². The quantitative estimate of drug-likeness (QED) is 0.824. The number of halogens is 1. The van der Waals surface area contributed by atoms with Crippen LogP contribution in [0.2, 0.25) is 0 Å². The average Bonchev–Trinajstić information content (AvgIpc) is 2.96. The van der Waals surface area contributed by atoms with Crippen LogP contribution in [0.15, 0.2) is 24.3 Å². The Kier molecular flexibility index (Phi) is 5.21. The van der Waals surface area contributed by atoms with E-state index in [0.717, 1.165) is 24.8 Å². The number of hydrogen-bond acceptors (Lipinski definition) is 3. The van der Waals surface area contributed by atoms with Crippen LogP contribution in [0.3, 0.4) is 0 Å². The average molecular weight is 356 g/mol. The summed E-state index contributed by atoms with van der Waals surface area (Å²) in [6.45, 7) is -0.0369. The summed E-state index contributed by atoms with van der Waals surface area (Å²) in [6, 6.07) is 7.67. The first-order chi connectivity index (χ1) is 12.5. The van der Waals surface area contributed by atoms with Crippen molar-refractivity contribution >= 4 is 22.7 Å². The van der Waals surface area contributed by atoms with E-state index in [2.05, 4.69) is 10.6 Å². The Bertz CT molecular complexity index is 884. The number of hydrogen-bond donors (Lipinski definition) is 2. The first-order valence-electron chi connectivity index (χ1n) is 8.71. The topological polar surface area (TPSA) is 86.9 Å². The molecule has 0 aliphatic heterocycles. The lowest BCUT2D eigenvalue weighted by atomic mass is 9.83. The lowest BCUT2D eigenvalue weighted by molar-refractivity contribution is -0.126. The van der Waals surface area contributed by atoms with E-state index in [0.29, 0.717) is 17.5 Å². The van der Waals surface area contributed by atoms with E-state index in [-0.39, 0.29) is 36.1 Å². The molecule has 1 fully saturated rings. The number of rotatable bonds is 4. The third kappa shape index (κ3) is 3.54. The number of amides is 2. The normalized spacial score (nSPS) is 19.7. The van der Waals surface area contributed by atoms with E-state index in [1.54, 1.807) is 23.7 Å². The molecule has 1 aromatic heterocycles. The van der Waals surface area contributed by atoms with Crippen molar-refractivity contribution < 1.29 is 14.0 Å². The van der Waals surface area contributed by atoms with Crippen molar-refractivity contribution in [3.63, 3.8) is 0 Å². The highest BCUT2D eigenvalue weighted by Gasteiger charge is 2.32. The van der Waals surface area contributed by atoms with Crippen LogP contribution in [-0.4, -0.2) is 29.0 Å². The predicted molar refractivity (Wildman–Crippen MR) is 94.7 cm³/mol. The van der Waals surface area contributed by atoms with Crippen molar-refractivity contribution in [3.8, 4) is 6.07 Å². The number of nitrogens with one attached hydrogen (secondary N) is 2. The number of nitrogens with zero attached hydrogens (tertiary/aromatic N) is 2. The van der Waals surface area contributed by atoms with Crippen LogP contribution in [0.5, 0.6) is 0 Å². The standard InChI is InChI=1S/C19H21FN4O2/c1-24-16-7-6-13(20)10-12(16)11-17(24)19(26)23-15-5-3-2-4-14(15)18(25)22-9-8-21/h6-7,10-11,14-15H,2-5,9H2,1H3,(H,22,25)(H,23,26). The molecule has 0 radical (unpaired) electrons. The largest absolute Gasteiger partial charge is 0.347 e. The predicted octanol–water partition coefficient (Wildman–Crippen LogP) is 2.25. The van der Waals surface area contributed by atoms with Crippen LogP contribution >= 0.6 is 0 Å². The Labute approximate surface area is 151 Å². The summed E-state index contributed by atoms with van der Waals surface area (Å²) in [4.78, 5) is 25.0. The molecule has 1 heterocycles. The van der Waals surface area contributed by atoms with Gasteiger partial charge in [0.1, 0.15) is 18.1 Å². The van der Waals surface area contributed by atoms with Gasteiger partial charge in [0.05, 0.1) is 12.0 Å². The number of carbonyl (C=O) groups excluding carboxylic acids is 2. The number of carbonyl (C=O) groups is 2. The summed E-state index contributed by atoms with van der Waals surface area (Å²) in [5.41, 5.74) is 1.19. The van der Waals surface area contributed by atoms with E-state index in [4.69, 9.17) is 5.26 Å². The van der Waals surface area contributed by atoms with Crippen molar-refractivity contribution in [2.75, 3.05) is 6.54 Å². The Morgan fingerprint density at radius 1 is 1.31 bits per heavy atom. The lowest BCUT2D eigenvalue weighted by Gasteiger charge is -2.31. The van der Waals surface area contributed by atoms with Crippen LogP contribution in [-0.2, 0) is 11.8 Å². The minimum atomic E-state index is -0.350. The summed E-state index contributed by atoms with van der Waals surface area (Å²) in [7, 11) is 1.76. The van der Waals surface area contributed by atoms with Crippen LogP contribution in [0.4, 0.5) is 4.39 Å². The summed E-state index contributed by atoms with van der Waals surface area (Å²) >= 11 is 0. The first kappa shape index (κ1) is 17.9. The van der Waals surface area contributed by atoms with Gasteiger partial charge in [-0.25, -0.2) is 4.39 Å². The second-order valence-electron chi connectivity index (χ2n) is 6.64. The summed E-state index contributed by atoms with van der Waals surface area (Å²) < 4.78 is 15.1. The zero-order valence-electron chi connectivity index (χ0n) is 14.6. The zero-order valence-corrected chi connectivity index (χ0v) is 14.6. The maximum atomic E-state index is 13.4. The molecule has 2 unspecified atom stereocenters. The lowest BCUT2D eigenvalue weighted by Crippen LogP contribution is -2.48. The molecule has 0 bridgehead atoms. The molecule has 6 nitrogen and oxygen atoms in total. The Morgan fingerprint density at radius 3 is 2.85 bits per heavy atom. The van der Waals surface area contributed by atoms with Gasteiger partial charge in [0, 0.05) is 24.0 Å². The minimum Gasteiger partial charge on any atom is -0.347 e. The third-order valence-electron chi connectivity index (χ3n) is 5.00. The van der Waals surface area contributed by atoms with E-state index in [1.807, 2.05) is 6.07 Å². The van der Waals surface area contributed by atoms with Crippen LogP contribution in [0, 0.1) is 23.1 Å². The zero-order chi connectivity index (χ0) is 18.7. The fraction of sp³-hybridized carbons (Fsp3) is 0.421. The van der Waals surface area contributed by atoms with Gasteiger partial charge in [0.2, 0.25) is 5.91 Å². The highest BCUT2D eigenvalue weighted by atomic mass is 19.1. The van der Waals surface area contributed by atoms with Gasteiger partial charge in [-0.1, -0.05) is 12.8 Å². The van der Waals surface area contributed by atoms with Crippen LogP contribution in [0.25, 0.3) is 10.9 Å². The molecule has 3 rings (SSSR count). The summed E-state index contributed by atoms with van der Waals surface area (Å²) in [6.07, 6.45) is 3.26. The highest BCUT2D eigenvalue weighted by Crippen LogP contribution is 2.26. The molecule has 2 atom stereocenters. The molecule has 2 amide bonds. The van der Waals surface area contributed by atoms with Crippen molar-refractivity contribution in [2.45, 2.75) is 31.7 Å². The first-order valence-corrected chi connectivity index (χ1v) is 8.71. The maximum Gasteiger partial charge on any atom is 0.268 e. The molecule has 136 valence electrons. The molecule has 26 heavy (non-hydrogen) atoms. The number of fused-ring (bicyclic) bond motifs is 1. The Morgan fingerprint density at radius 2 is 2.08 bits per heavy atom. The van der Waals surface area contributed by atoms with E-state index >= 15 is 0 Å². The molecule has 7 heteroatoms. The van der Waals surface area contributed by atoms with Crippen molar-refractivity contribution in [1.29, 1.82) is 5.26 Å². The second-order valence-corrected chi connectivity index (χ2v) is 6.64. The van der Waals surface area contributed by atoms with E-state index in [9.17, 15) is 14.0 Å². The molecule has 2 aromatic rings. The molecule has 0 spiro atoms. The fourth-order valence-corrected chi connectivity index (χ4v) is 3.66. The maximum absolute atomic E-state index is 13.4. The number of aromatic nitrogens is 1. The van der Waals surface area contributed by atoms with Crippen molar-refractivity contribution in [3.05, 3.63) is 35.8 Å². The van der Waals surface area contributed by atoms with Gasteiger partial charge in [-0.05, 0) is 37.1 Å². The molecule has 2 N–H and O–H groups in total. The molecule has 1 aliphatic rings. The molecular formula is C19H21FN4O2. The Balaban J connectivity index is 1.78. The monoisotopic (exact) mass is 356 g/mol. The molecular weight excluding hydrogens is 335 g/mol. The van der Waals surface area contributed by atoms with Gasteiger partial charge in [-0.3, -0.25) is 9.59 Å². The van der Waals surface area contributed by atoms with Gasteiger partial charge < -0.3 is 15.2 Å². The van der Waals surface area contributed by atoms with Gasteiger partial charge in [0.25, 0.3) is 5.91 Å². The molecule has 1 saturated carbocycles. The molecule has 0 saturated heterocycles. The summed E-state index contributed by atoms with van der Waals surface area (Å²) in [5.74, 6) is -1.17. The molecule has 1 aliphatic carbocycles. The Hall–Kier alpha value is -2.88. The second kappa shape index (κ2) is 7.56. The van der Waals surface area contributed by atoms with E-state index < -0.39 is 0 Å². The van der Waals surface area contributed by atoms with Crippen LogP contribution in [0.1, 0.15) is 36.2 Å². The fourth-order valence-electron chi connectivity index (χ4n) is 3.66. The van der Waals surface area contributed by atoms with Gasteiger partial charge in [0.15, 0.2) is 0 Å².